The van der Waals surface area contributed by atoms with Crippen LogP contribution in [0.5, 0.6) is 11.5 Å². The summed E-state index contributed by atoms with van der Waals surface area (Å²) in [7, 11) is 3.00. The SMILES string of the molecule is COc1cccc(C(=O)NCc2noc(-c3c4cc(Br)ccc4nn3CCn3ccnc3)n2)c1OC. The number of fused-ring (bicyclic) bond motifs is 1. The molecule has 0 aliphatic heterocycles. The second kappa shape index (κ2) is 10.2. The zero-order chi connectivity index (χ0) is 25.1. The first kappa shape index (κ1) is 23.5. The molecule has 0 saturated heterocycles. The number of carbonyl (C=O) groups excluding carboxylic acids is 1. The van der Waals surface area contributed by atoms with Crippen molar-refractivity contribution in [3.63, 3.8) is 0 Å². The fraction of sp³-hybridized carbons (Fsp3) is 0.208. The average Bonchev–Trinajstić information content (AvgIpc) is 3.65. The van der Waals surface area contributed by atoms with Crippen LogP contribution in [-0.4, -0.2) is 49.6 Å². The quantitative estimate of drug-likeness (QED) is 0.294. The number of imidazole rings is 1. The molecule has 0 radical (unpaired) electrons. The number of ether oxygens (including phenoxy) is 2. The van der Waals surface area contributed by atoms with Gasteiger partial charge in [-0.1, -0.05) is 27.2 Å². The Kier molecular flexibility index (Phi) is 6.67. The van der Waals surface area contributed by atoms with Crippen LogP contribution in [0.25, 0.3) is 22.5 Å². The van der Waals surface area contributed by atoms with Gasteiger partial charge in [-0.2, -0.15) is 10.1 Å². The van der Waals surface area contributed by atoms with E-state index in [0.29, 0.717) is 47.6 Å². The summed E-state index contributed by atoms with van der Waals surface area (Å²) in [5.41, 5.74) is 1.84. The van der Waals surface area contributed by atoms with Gasteiger partial charge >= 0.3 is 0 Å². The van der Waals surface area contributed by atoms with E-state index in [1.165, 1.54) is 14.2 Å². The van der Waals surface area contributed by atoms with Crippen LogP contribution in [0.2, 0.25) is 0 Å². The number of aromatic nitrogens is 6. The molecule has 0 unspecified atom stereocenters. The fourth-order valence-electron chi connectivity index (χ4n) is 3.86. The minimum Gasteiger partial charge on any atom is -0.493 e. The lowest BCUT2D eigenvalue weighted by atomic mass is 10.1. The smallest absolute Gasteiger partial charge is 0.276 e. The van der Waals surface area contributed by atoms with Gasteiger partial charge in [-0.25, -0.2) is 4.98 Å². The number of rotatable bonds is 9. The second-order valence-corrected chi connectivity index (χ2v) is 8.69. The first-order valence-electron chi connectivity index (χ1n) is 11.0. The zero-order valence-electron chi connectivity index (χ0n) is 19.5. The monoisotopic (exact) mass is 551 g/mol. The Balaban J connectivity index is 1.39. The Morgan fingerprint density at radius 3 is 2.83 bits per heavy atom. The normalized spacial score (nSPS) is 11.1. The highest BCUT2D eigenvalue weighted by molar-refractivity contribution is 9.10. The van der Waals surface area contributed by atoms with E-state index >= 15 is 0 Å². The molecule has 11 nitrogen and oxygen atoms in total. The third-order valence-electron chi connectivity index (χ3n) is 5.55. The molecule has 0 atom stereocenters. The Hall–Kier alpha value is -4.19. The molecule has 1 N–H and O–H groups in total. The molecule has 0 saturated carbocycles. The lowest BCUT2D eigenvalue weighted by molar-refractivity contribution is 0.0946. The Morgan fingerprint density at radius 2 is 2.06 bits per heavy atom. The van der Waals surface area contributed by atoms with Gasteiger partial charge in [0, 0.05) is 28.8 Å². The Morgan fingerprint density at radius 1 is 1.17 bits per heavy atom. The van der Waals surface area contributed by atoms with Crippen LogP contribution in [0, 0.1) is 0 Å². The van der Waals surface area contributed by atoms with E-state index in [1.54, 1.807) is 30.7 Å². The number of aryl methyl sites for hydroxylation is 2. The summed E-state index contributed by atoms with van der Waals surface area (Å²) in [5.74, 6) is 1.10. The van der Waals surface area contributed by atoms with Crippen molar-refractivity contribution in [3.8, 4) is 23.1 Å². The number of nitrogens with one attached hydrogen (secondary N) is 1. The molecule has 12 heteroatoms. The zero-order valence-corrected chi connectivity index (χ0v) is 21.1. The highest BCUT2D eigenvalue weighted by Gasteiger charge is 2.21. The van der Waals surface area contributed by atoms with E-state index in [9.17, 15) is 4.79 Å². The van der Waals surface area contributed by atoms with Crippen molar-refractivity contribution >= 4 is 32.7 Å². The van der Waals surface area contributed by atoms with Crippen molar-refractivity contribution < 1.29 is 18.8 Å². The first-order chi connectivity index (χ1) is 17.6. The lowest BCUT2D eigenvalue weighted by Gasteiger charge is -2.11. The molecule has 0 fully saturated rings. The van der Waals surface area contributed by atoms with Crippen LogP contribution < -0.4 is 14.8 Å². The molecule has 1 amide bonds. The van der Waals surface area contributed by atoms with E-state index in [4.69, 9.17) is 19.1 Å². The third kappa shape index (κ3) is 4.67. The number of methoxy groups -OCH3 is 2. The maximum Gasteiger partial charge on any atom is 0.276 e. The highest BCUT2D eigenvalue weighted by Crippen LogP contribution is 2.31. The molecule has 5 rings (SSSR count). The molecule has 5 aromatic rings. The minimum atomic E-state index is -0.350. The van der Waals surface area contributed by atoms with Crippen LogP contribution >= 0.6 is 15.9 Å². The van der Waals surface area contributed by atoms with Crippen LogP contribution in [-0.2, 0) is 19.6 Å². The van der Waals surface area contributed by atoms with Crippen LogP contribution in [0.4, 0.5) is 0 Å². The molecule has 2 aromatic carbocycles. The summed E-state index contributed by atoms with van der Waals surface area (Å²) in [6, 6.07) is 10.9. The largest absolute Gasteiger partial charge is 0.493 e. The number of para-hydroxylation sites is 1. The maximum atomic E-state index is 12.8. The van der Waals surface area contributed by atoms with Gasteiger partial charge in [-0.3, -0.25) is 9.48 Å². The summed E-state index contributed by atoms with van der Waals surface area (Å²) in [6.07, 6.45) is 5.38. The van der Waals surface area contributed by atoms with Crippen LogP contribution in [0.1, 0.15) is 16.2 Å². The molecule has 3 aromatic heterocycles. The third-order valence-corrected chi connectivity index (χ3v) is 6.05. The van der Waals surface area contributed by atoms with Crippen LogP contribution in [0.15, 0.2) is 64.1 Å². The fourth-order valence-corrected chi connectivity index (χ4v) is 4.22. The molecule has 0 spiro atoms. The molecular formula is C24H22BrN7O4. The minimum absolute atomic E-state index is 0.0630. The van der Waals surface area contributed by atoms with Crippen LogP contribution in [0.3, 0.4) is 0 Å². The van der Waals surface area contributed by atoms with Gasteiger partial charge in [0.25, 0.3) is 11.8 Å². The van der Waals surface area contributed by atoms with E-state index in [1.807, 2.05) is 33.6 Å². The van der Waals surface area contributed by atoms with Gasteiger partial charge in [0.1, 0.15) is 5.69 Å². The van der Waals surface area contributed by atoms with Gasteiger partial charge in [0.05, 0.1) is 44.7 Å². The molecule has 184 valence electrons. The maximum absolute atomic E-state index is 12.8. The number of hydrogen-bond acceptors (Lipinski definition) is 8. The average molecular weight is 552 g/mol. The van der Waals surface area contributed by atoms with E-state index in [-0.39, 0.29) is 12.5 Å². The van der Waals surface area contributed by atoms with Gasteiger partial charge in [0.15, 0.2) is 17.3 Å². The number of halogens is 1. The van der Waals surface area contributed by atoms with E-state index in [2.05, 4.69) is 36.4 Å². The number of hydrogen-bond donors (Lipinski definition) is 1. The van der Waals surface area contributed by atoms with Gasteiger partial charge < -0.3 is 23.9 Å². The topological polar surface area (TPSA) is 122 Å². The number of nitrogens with zero attached hydrogens (tertiary/aromatic N) is 6. The molecule has 0 bridgehead atoms. The van der Waals surface area contributed by atoms with Crippen molar-refractivity contribution in [3.05, 3.63) is 71.0 Å². The lowest BCUT2D eigenvalue weighted by Crippen LogP contribution is -2.24. The summed E-state index contributed by atoms with van der Waals surface area (Å²) in [5, 5.41) is 12.5. The van der Waals surface area contributed by atoms with Gasteiger partial charge in [-0.05, 0) is 30.3 Å². The molecule has 36 heavy (non-hydrogen) atoms. The van der Waals surface area contributed by atoms with E-state index in [0.717, 1.165) is 15.4 Å². The number of amides is 1. The van der Waals surface area contributed by atoms with Gasteiger partial charge in [0.2, 0.25) is 0 Å². The predicted molar refractivity (Wildman–Crippen MR) is 134 cm³/mol. The van der Waals surface area contributed by atoms with Crippen molar-refractivity contribution in [1.29, 1.82) is 0 Å². The number of carbonyl (C=O) groups is 1. The van der Waals surface area contributed by atoms with Crippen molar-refractivity contribution in [1.82, 2.24) is 34.8 Å². The standard InChI is InChI=1S/C24H22BrN7O4/c1-34-19-5-3-4-16(22(19)35-2)23(33)27-13-20-28-24(36-30-20)21-17-12-15(25)6-7-18(17)29-32(21)11-10-31-9-8-26-14-31/h3-9,12,14H,10-11,13H2,1-2H3,(H,27,33). The summed E-state index contributed by atoms with van der Waals surface area (Å²) < 4.78 is 20.9. The van der Waals surface area contributed by atoms with Crippen molar-refractivity contribution in [2.45, 2.75) is 19.6 Å². The summed E-state index contributed by atoms with van der Waals surface area (Å²) in [4.78, 5) is 21.4. The predicted octanol–water partition coefficient (Wildman–Crippen LogP) is 3.69. The number of benzene rings is 2. The first-order valence-corrected chi connectivity index (χ1v) is 11.8. The molecule has 0 aliphatic rings. The molecule has 0 aliphatic carbocycles. The van der Waals surface area contributed by atoms with Crippen molar-refractivity contribution in [2.75, 3.05) is 14.2 Å². The van der Waals surface area contributed by atoms with Crippen molar-refractivity contribution in [2.24, 2.45) is 0 Å². The Bertz CT molecular complexity index is 1510. The summed E-state index contributed by atoms with van der Waals surface area (Å²) >= 11 is 3.53. The molecule has 3 heterocycles. The van der Waals surface area contributed by atoms with E-state index < -0.39 is 0 Å². The molecular weight excluding hydrogens is 530 g/mol. The highest BCUT2D eigenvalue weighted by atomic mass is 79.9. The summed E-state index contributed by atoms with van der Waals surface area (Å²) in [6.45, 7) is 1.30. The second-order valence-electron chi connectivity index (χ2n) is 7.77. The Labute approximate surface area is 214 Å². The van der Waals surface area contributed by atoms with Gasteiger partial charge in [-0.15, -0.1) is 0 Å².